The van der Waals surface area contributed by atoms with Crippen LogP contribution in [0.25, 0.3) is 0 Å². The summed E-state index contributed by atoms with van der Waals surface area (Å²) in [6.07, 6.45) is 6.69. The minimum absolute atomic E-state index is 0.166. The lowest BCUT2D eigenvalue weighted by Crippen LogP contribution is -2.29. The fourth-order valence-electron chi connectivity index (χ4n) is 4.10. The van der Waals surface area contributed by atoms with Gasteiger partial charge in [0.2, 0.25) is 5.91 Å². The summed E-state index contributed by atoms with van der Waals surface area (Å²) in [5.41, 5.74) is 1.34. The zero-order valence-corrected chi connectivity index (χ0v) is 12.8. The van der Waals surface area contributed by atoms with Gasteiger partial charge in [0.25, 0.3) is 0 Å². The Morgan fingerprint density at radius 1 is 1.14 bits per heavy atom. The number of carboxylic acid groups (broad SMARTS) is 1. The van der Waals surface area contributed by atoms with Gasteiger partial charge in [-0.2, -0.15) is 0 Å². The average molecular weight is 301 g/mol. The lowest BCUT2D eigenvalue weighted by Gasteiger charge is -2.20. The Kier molecular flexibility index (Phi) is 4.46. The Hall–Kier alpha value is -1.84. The van der Waals surface area contributed by atoms with Crippen molar-refractivity contribution in [1.82, 2.24) is 5.32 Å². The smallest absolute Gasteiger partial charge is 0.335 e. The van der Waals surface area contributed by atoms with Gasteiger partial charge in [0.15, 0.2) is 0 Å². The van der Waals surface area contributed by atoms with Crippen LogP contribution in [0.3, 0.4) is 0 Å². The van der Waals surface area contributed by atoms with Gasteiger partial charge >= 0.3 is 5.97 Å². The molecule has 1 amide bonds. The van der Waals surface area contributed by atoms with Crippen molar-refractivity contribution < 1.29 is 14.7 Å². The van der Waals surface area contributed by atoms with E-state index in [1.165, 1.54) is 25.7 Å². The Morgan fingerprint density at radius 2 is 1.91 bits per heavy atom. The zero-order valence-electron chi connectivity index (χ0n) is 12.8. The first-order valence-electron chi connectivity index (χ1n) is 8.20. The van der Waals surface area contributed by atoms with Gasteiger partial charge in [-0.3, -0.25) is 4.79 Å². The van der Waals surface area contributed by atoms with Gasteiger partial charge in [-0.15, -0.1) is 0 Å². The summed E-state index contributed by atoms with van der Waals surface area (Å²) in [5.74, 6) is 1.54. The molecule has 0 aliphatic heterocycles. The highest BCUT2D eigenvalue weighted by Gasteiger charge is 2.39. The maximum Gasteiger partial charge on any atom is 0.335 e. The Morgan fingerprint density at radius 3 is 2.50 bits per heavy atom. The maximum atomic E-state index is 12.0. The van der Waals surface area contributed by atoms with E-state index in [0.29, 0.717) is 24.4 Å². The molecule has 22 heavy (non-hydrogen) atoms. The molecule has 4 heteroatoms. The van der Waals surface area contributed by atoms with Crippen molar-refractivity contribution in [2.75, 3.05) is 6.54 Å². The molecule has 1 aromatic carbocycles. The second-order valence-electron chi connectivity index (χ2n) is 6.74. The molecule has 2 bridgehead atoms. The van der Waals surface area contributed by atoms with Crippen LogP contribution in [0.1, 0.15) is 48.0 Å². The number of carbonyl (C=O) groups is 2. The first-order chi connectivity index (χ1) is 10.6. The molecule has 0 saturated heterocycles. The van der Waals surface area contributed by atoms with E-state index in [9.17, 15) is 9.59 Å². The third-order valence-corrected chi connectivity index (χ3v) is 5.27. The van der Waals surface area contributed by atoms with E-state index in [2.05, 4.69) is 5.32 Å². The van der Waals surface area contributed by atoms with E-state index in [4.69, 9.17) is 5.11 Å². The van der Waals surface area contributed by atoms with Gasteiger partial charge in [-0.1, -0.05) is 18.6 Å². The Labute approximate surface area is 130 Å². The van der Waals surface area contributed by atoms with Crippen LogP contribution in [-0.4, -0.2) is 23.5 Å². The number of hydrogen-bond donors (Lipinski definition) is 2. The molecule has 2 aliphatic carbocycles. The number of amides is 1. The summed E-state index contributed by atoms with van der Waals surface area (Å²) >= 11 is 0. The highest BCUT2D eigenvalue weighted by Crippen LogP contribution is 2.49. The molecule has 0 radical (unpaired) electrons. The fourth-order valence-corrected chi connectivity index (χ4v) is 4.10. The van der Waals surface area contributed by atoms with Crippen LogP contribution in [0.4, 0.5) is 0 Å². The van der Waals surface area contributed by atoms with Gasteiger partial charge < -0.3 is 10.4 Å². The van der Waals surface area contributed by atoms with Gasteiger partial charge in [0.1, 0.15) is 0 Å². The molecule has 2 saturated carbocycles. The summed E-state index contributed by atoms with van der Waals surface area (Å²) in [6, 6.07) is 6.83. The number of carbonyl (C=O) groups excluding carboxylic acids is 1. The van der Waals surface area contributed by atoms with Crippen molar-refractivity contribution >= 4 is 11.9 Å². The van der Waals surface area contributed by atoms with Gasteiger partial charge in [-0.05, 0) is 61.1 Å². The summed E-state index contributed by atoms with van der Waals surface area (Å²) in [4.78, 5) is 22.8. The van der Waals surface area contributed by atoms with Gasteiger partial charge in [0.05, 0.1) is 5.56 Å². The number of nitrogens with one attached hydrogen (secondary N) is 1. The molecule has 3 rings (SSSR count). The minimum atomic E-state index is -0.911. The molecule has 2 N–H and O–H groups in total. The molecule has 0 aromatic heterocycles. The Balaban J connectivity index is 1.39. The minimum Gasteiger partial charge on any atom is -0.478 e. The number of hydrogen-bond acceptors (Lipinski definition) is 2. The predicted octanol–water partition coefficient (Wildman–Crippen LogP) is 2.87. The predicted molar refractivity (Wildman–Crippen MR) is 83.7 cm³/mol. The van der Waals surface area contributed by atoms with E-state index in [0.717, 1.165) is 23.8 Å². The molecule has 3 atom stereocenters. The number of fused-ring (bicyclic) bond motifs is 2. The molecule has 0 heterocycles. The van der Waals surface area contributed by atoms with Crippen LogP contribution in [0.5, 0.6) is 0 Å². The van der Waals surface area contributed by atoms with E-state index >= 15 is 0 Å². The largest absolute Gasteiger partial charge is 0.478 e. The van der Waals surface area contributed by atoms with Crippen molar-refractivity contribution in [3.8, 4) is 0 Å². The third kappa shape index (κ3) is 3.49. The summed E-state index contributed by atoms with van der Waals surface area (Å²) < 4.78 is 0. The summed E-state index contributed by atoms with van der Waals surface area (Å²) in [7, 11) is 0. The van der Waals surface area contributed by atoms with Crippen LogP contribution in [0.2, 0.25) is 0 Å². The lowest BCUT2D eigenvalue weighted by molar-refractivity contribution is -0.122. The van der Waals surface area contributed by atoms with Crippen LogP contribution in [-0.2, 0) is 11.2 Å². The fraction of sp³-hybridized carbons (Fsp3) is 0.556. The molecular formula is C18H23NO3. The van der Waals surface area contributed by atoms with Crippen LogP contribution >= 0.6 is 0 Å². The average Bonchev–Trinajstić information content (AvgIpc) is 3.10. The Bertz CT molecular complexity index is 552. The molecule has 118 valence electrons. The summed E-state index contributed by atoms with van der Waals surface area (Å²) in [5, 5.41) is 11.8. The van der Waals surface area contributed by atoms with Crippen molar-refractivity contribution in [1.29, 1.82) is 0 Å². The lowest BCUT2D eigenvalue weighted by atomic mass is 9.86. The van der Waals surface area contributed by atoms with Crippen LogP contribution in [0.15, 0.2) is 24.3 Å². The number of carboxylic acids is 1. The van der Waals surface area contributed by atoms with E-state index in [1.54, 1.807) is 12.1 Å². The number of rotatable bonds is 6. The monoisotopic (exact) mass is 301 g/mol. The highest BCUT2D eigenvalue weighted by atomic mass is 16.4. The van der Waals surface area contributed by atoms with Crippen molar-refractivity contribution in [3.05, 3.63) is 35.4 Å². The van der Waals surface area contributed by atoms with Crippen molar-refractivity contribution in [3.63, 3.8) is 0 Å². The molecular weight excluding hydrogens is 278 g/mol. The second-order valence-corrected chi connectivity index (χ2v) is 6.74. The van der Waals surface area contributed by atoms with Gasteiger partial charge in [-0.25, -0.2) is 4.79 Å². The molecule has 2 aliphatic rings. The molecule has 0 spiro atoms. The quantitative estimate of drug-likeness (QED) is 0.849. The number of benzene rings is 1. The normalized spacial score (nSPS) is 26.1. The topological polar surface area (TPSA) is 66.4 Å². The summed E-state index contributed by atoms with van der Waals surface area (Å²) in [6.45, 7) is 0.617. The molecule has 3 unspecified atom stereocenters. The standard InChI is InChI=1S/C18H23NO3/c20-17(11-16-10-13-3-6-15(16)9-13)19-8-7-12-1-4-14(5-2-12)18(21)22/h1-2,4-5,13,15-16H,3,6-11H2,(H,19,20)(H,21,22). The van der Waals surface area contributed by atoms with Crippen molar-refractivity contribution in [2.24, 2.45) is 17.8 Å². The van der Waals surface area contributed by atoms with Crippen molar-refractivity contribution in [2.45, 2.75) is 38.5 Å². The zero-order chi connectivity index (χ0) is 15.5. The van der Waals surface area contributed by atoms with E-state index < -0.39 is 5.97 Å². The number of aromatic carboxylic acids is 1. The third-order valence-electron chi connectivity index (χ3n) is 5.27. The van der Waals surface area contributed by atoms with E-state index in [-0.39, 0.29) is 5.91 Å². The SMILES string of the molecule is O=C(CC1CC2CCC1C2)NCCc1ccc(C(=O)O)cc1. The van der Waals surface area contributed by atoms with E-state index in [1.807, 2.05) is 12.1 Å². The first-order valence-corrected chi connectivity index (χ1v) is 8.20. The molecule has 1 aromatic rings. The van der Waals surface area contributed by atoms with Crippen LogP contribution in [0, 0.1) is 17.8 Å². The molecule has 2 fully saturated rings. The van der Waals surface area contributed by atoms with Crippen LogP contribution < -0.4 is 5.32 Å². The second kappa shape index (κ2) is 6.51. The first kappa shape index (κ1) is 15.1. The molecule has 4 nitrogen and oxygen atoms in total. The highest BCUT2D eigenvalue weighted by molar-refractivity contribution is 5.87. The maximum absolute atomic E-state index is 12.0. The van der Waals surface area contributed by atoms with Gasteiger partial charge in [0, 0.05) is 13.0 Å².